The molecule has 0 bridgehead atoms. The molecule has 3 nitrogen and oxygen atoms in total. The van der Waals surface area contributed by atoms with Gasteiger partial charge >= 0.3 is 51.9 Å². The second kappa shape index (κ2) is 6290. The normalized spacial score (nSPS) is 0.750. The van der Waals surface area contributed by atoms with Gasteiger partial charge in [-0.3, -0.25) is 0 Å². The van der Waals surface area contributed by atoms with Crippen molar-refractivity contribution < 1.29 is 53.4 Å². The fraction of sp³-hybridized carbons (Fsp3) is 0. The predicted molar refractivity (Wildman–Crippen MR) is 16.0 cm³/mol. The third-order valence-corrected chi connectivity index (χ3v) is 0. The van der Waals surface area contributed by atoms with Crippen molar-refractivity contribution in [3.8, 4) is 0 Å². The zero-order chi connectivity index (χ0) is 6.00. The summed E-state index contributed by atoms with van der Waals surface area (Å²) in [6, 6.07) is 0. The van der Waals surface area contributed by atoms with E-state index in [2.05, 4.69) is 0 Å². The third kappa shape index (κ3) is 3810. The molecule has 0 fully saturated rings. The van der Waals surface area contributed by atoms with Crippen LogP contribution >= 0.6 is 0 Å². The topological polar surface area (TPSA) is 71.4 Å². The van der Waals surface area contributed by atoms with Gasteiger partial charge in [-0.15, -0.1) is 0 Å². The van der Waals surface area contributed by atoms with Crippen LogP contribution in [0, 0.1) is 35.5 Å². The van der Waals surface area contributed by atoms with Crippen molar-refractivity contribution in [3.63, 3.8) is 0 Å². The molecule has 0 aliphatic rings. The van der Waals surface area contributed by atoms with E-state index in [0.717, 1.165) is 0 Å². The molecule has 8 heavy (non-hydrogen) atoms. The van der Waals surface area contributed by atoms with E-state index < -0.39 is 0 Å². The van der Waals surface area contributed by atoms with Gasteiger partial charge in [0, 0.05) is 0 Å². The molecule has 0 radical (unpaired) electrons. The molecule has 0 aliphatic carbocycles. The van der Waals surface area contributed by atoms with Crippen molar-refractivity contribution in [2.24, 2.45) is 0 Å². The maximum absolute atomic E-state index is 6.25. The standard InChI is InChI=1S/3CN.Au.Na.H/c3*1-2;;;/q3*-1;+3;+1;-1. The van der Waals surface area contributed by atoms with Crippen molar-refractivity contribution >= 4 is 0 Å². The summed E-state index contributed by atoms with van der Waals surface area (Å²) in [5.74, 6) is 0. The number of nitrogens with zero attached hydrogens (tertiary/aromatic N) is 3. The Balaban J connectivity index is -0.00000000321. The summed E-state index contributed by atoms with van der Waals surface area (Å²) in [6.07, 6.45) is 0. The van der Waals surface area contributed by atoms with Crippen LogP contribution in [-0.4, -0.2) is 0 Å². The molecule has 0 saturated heterocycles. The molecule has 0 spiro atoms. The van der Waals surface area contributed by atoms with Crippen LogP contribution < -0.4 is 29.6 Å². The molecule has 0 saturated carbocycles. The van der Waals surface area contributed by atoms with Crippen LogP contribution in [0.15, 0.2) is 0 Å². The van der Waals surface area contributed by atoms with Gasteiger partial charge in [-0.1, -0.05) is 0 Å². The Morgan fingerprint density at radius 3 is 0.750 bits per heavy atom. The number of rotatable bonds is 0. The van der Waals surface area contributed by atoms with Crippen LogP contribution in [0.4, 0.5) is 0 Å². The Bertz CT molecular complexity index is 47.5. The minimum Gasteiger partial charge on any atom is -1.00 e. The van der Waals surface area contributed by atoms with Crippen molar-refractivity contribution in [1.29, 1.82) is 15.8 Å². The Morgan fingerprint density at radius 1 is 0.750 bits per heavy atom. The first-order chi connectivity index (χ1) is 3.00. The molecule has 0 N–H and O–H groups in total. The van der Waals surface area contributed by atoms with Gasteiger partial charge in [-0.25, -0.2) is 0 Å². The zero-order valence-corrected chi connectivity index (χ0v) is 8.31. The summed E-state index contributed by atoms with van der Waals surface area (Å²) in [7, 11) is 0. The van der Waals surface area contributed by atoms with Crippen molar-refractivity contribution in [2.75, 3.05) is 0 Å². The van der Waals surface area contributed by atoms with Crippen molar-refractivity contribution in [3.05, 3.63) is 19.7 Å². The van der Waals surface area contributed by atoms with E-state index in [0.29, 0.717) is 0 Å². The smallest absolute Gasteiger partial charge is 1.00 e. The summed E-state index contributed by atoms with van der Waals surface area (Å²) >= 11 is 0. The minimum absolute atomic E-state index is 0. The van der Waals surface area contributed by atoms with Crippen LogP contribution in [-0.2, 0) is 22.4 Å². The summed E-state index contributed by atoms with van der Waals surface area (Å²) in [5, 5.41) is 18.8. The van der Waals surface area contributed by atoms with E-state index in [1.807, 2.05) is 0 Å². The molecule has 0 atom stereocenters. The van der Waals surface area contributed by atoms with Gasteiger partial charge in [0.2, 0.25) is 0 Å². The van der Waals surface area contributed by atoms with E-state index in [9.17, 15) is 0 Å². The van der Waals surface area contributed by atoms with Gasteiger partial charge in [0.1, 0.15) is 0 Å². The zero-order valence-electron chi connectivity index (χ0n) is 5.14. The fourth-order valence-corrected chi connectivity index (χ4v) is 0. The molecule has 5 heteroatoms. The van der Waals surface area contributed by atoms with Crippen LogP contribution in [0.3, 0.4) is 0 Å². The molecule has 0 heterocycles. The van der Waals surface area contributed by atoms with E-state index in [1.165, 1.54) is 0 Å². The van der Waals surface area contributed by atoms with Crippen LogP contribution in [0.1, 0.15) is 1.43 Å². The molecular formula is C3HAuN3Na. The molecule has 0 aromatic heterocycles. The molecule has 0 aromatic carbocycles. The van der Waals surface area contributed by atoms with Crippen molar-refractivity contribution in [2.45, 2.75) is 0 Å². The summed E-state index contributed by atoms with van der Waals surface area (Å²) in [5.41, 5.74) is 0. The van der Waals surface area contributed by atoms with E-state index in [-0.39, 0.29) is 53.4 Å². The average Bonchev–Trinajstić information content (AvgIpc) is 1.81. The maximum Gasteiger partial charge on any atom is 3.00 e. The van der Waals surface area contributed by atoms with Crippen LogP contribution in [0.25, 0.3) is 0 Å². The fourth-order valence-electron chi connectivity index (χ4n) is 0. The van der Waals surface area contributed by atoms with E-state index in [4.69, 9.17) is 35.5 Å². The molecule has 40 valence electrons. The minimum atomic E-state index is 0. The van der Waals surface area contributed by atoms with Crippen LogP contribution in [0.5, 0.6) is 0 Å². The second-order valence-corrected chi connectivity index (χ2v) is 0. The first kappa shape index (κ1) is 41.4. The molecule has 0 rings (SSSR count). The monoisotopic (exact) mass is 299 g/mol. The average molecular weight is 299 g/mol. The molecule has 0 unspecified atom stereocenters. The number of hydrogen-bond donors (Lipinski definition) is 0. The molecule has 0 aliphatic heterocycles. The Hall–Kier alpha value is 0.210. The Morgan fingerprint density at radius 2 is 0.750 bits per heavy atom. The van der Waals surface area contributed by atoms with E-state index >= 15 is 0 Å². The summed E-state index contributed by atoms with van der Waals surface area (Å²) < 4.78 is 0. The quantitative estimate of drug-likeness (QED) is 0.364. The largest absolute Gasteiger partial charge is 3.00 e. The van der Waals surface area contributed by atoms with Gasteiger partial charge in [-0.05, 0) is 0 Å². The first-order valence-electron chi connectivity index (χ1n) is 0.671. The first-order valence-corrected chi connectivity index (χ1v) is 0.671. The summed E-state index contributed by atoms with van der Waals surface area (Å²) in [4.78, 5) is 0. The summed E-state index contributed by atoms with van der Waals surface area (Å²) in [6.45, 7) is 14.2. The third-order valence-electron chi connectivity index (χ3n) is 0. The van der Waals surface area contributed by atoms with Gasteiger partial charge in [0.25, 0.3) is 0 Å². The van der Waals surface area contributed by atoms with Crippen LogP contribution in [0.2, 0.25) is 0 Å². The van der Waals surface area contributed by atoms with Crippen molar-refractivity contribution in [1.82, 2.24) is 0 Å². The van der Waals surface area contributed by atoms with E-state index in [1.54, 1.807) is 0 Å². The van der Waals surface area contributed by atoms with Gasteiger partial charge in [-0.2, -0.15) is 0 Å². The molecule has 0 amide bonds. The molecular weight excluding hydrogens is 298 g/mol. The molecule has 0 aromatic rings. The van der Waals surface area contributed by atoms with Gasteiger partial charge in [0.05, 0.1) is 0 Å². The Kier molecular flexibility index (Phi) is 32600. The SMILES string of the molecule is [Au+3].[C-]#N.[C-]#N.[C-]#N.[H-].[Na+]. The Labute approximate surface area is 88.2 Å². The maximum atomic E-state index is 6.25. The van der Waals surface area contributed by atoms with Gasteiger partial charge < -0.3 is 36.9 Å². The second-order valence-electron chi connectivity index (χ2n) is 0. The van der Waals surface area contributed by atoms with Gasteiger partial charge in [0.15, 0.2) is 0 Å². The predicted octanol–water partition coefficient (Wildman–Crippen LogP) is -2.60. The number of hydrogen-bond acceptors (Lipinski definition) is 3.